The van der Waals surface area contributed by atoms with Crippen LogP contribution in [-0.2, 0) is 11.3 Å². The molecule has 1 rings (SSSR count). The van der Waals surface area contributed by atoms with E-state index in [0.717, 1.165) is 10.0 Å². The van der Waals surface area contributed by atoms with Gasteiger partial charge in [-0.1, -0.05) is 33.6 Å². The van der Waals surface area contributed by atoms with Crippen LogP contribution in [0, 0.1) is 5.41 Å². The quantitative estimate of drug-likeness (QED) is 0.780. The zero-order chi connectivity index (χ0) is 13.8. The number of carboxylic acids is 1. The second kappa shape index (κ2) is 6.55. The molecule has 0 aliphatic rings. The summed E-state index contributed by atoms with van der Waals surface area (Å²) in [5, 5.41) is 12.9. The molecule has 0 fully saturated rings. The number of hydrogen-bond acceptors (Lipinski definition) is 2. The molecule has 0 spiro atoms. The summed E-state index contributed by atoms with van der Waals surface area (Å²) in [6.45, 7) is 4.81. The Bertz CT molecular complexity index is 435. The lowest BCUT2D eigenvalue weighted by atomic mass is 9.90. The third kappa shape index (κ3) is 4.59. The molecular weight excluding hydrogens is 318 g/mol. The first-order valence-electron chi connectivity index (χ1n) is 5.71. The first-order chi connectivity index (χ1) is 8.33. The highest BCUT2D eigenvalue weighted by atomic mass is 79.9. The minimum Gasteiger partial charge on any atom is -0.481 e. The van der Waals surface area contributed by atoms with Crippen molar-refractivity contribution in [3.8, 4) is 0 Å². The second-order valence-corrected chi connectivity index (χ2v) is 6.14. The molecule has 5 heteroatoms. The van der Waals surface area contributed by atoms with Crippen LogP contribution >= 0.6 is 27.5 Å². The van der Waals surface area contributed by atoms with E-state index >= 15 is 0 Å². The maximum Gasteiger partial charge on any atom is 0.309 e. The molecule has 2 N–H and O–H groups in total. The Morgan fingerprint density at radius 2 is 2.17 bits per heavy atom. The first-order valence-corrected chi connectivity index (χ1v) is 6.88. The van der Waals surface area contributed by atoms with Crippen LogP contribution in [0.15, 0.2) is 22.7 Å². The van der Waals surface area contributed by atoms with Crippen molar-refractivity contribution in [2.24, 2.45) is 5.41 Å². The molecule has 1 aromatic carbocycles. The smallest absolute Gasteiger partial charge is 0.309 e. The zero-order valence-electron chi connectivity index (χ0n) is 10.5. The van der Waals surface area contributed by atoms with Crippen molar-refractivity contribution in [2.75, 3.05) is 6.54 Å². The molecule has 1 aromatic rings. The van der Waals surface area contributed by atoms with Gasteiger partial charge in [0, 0.05) is 16.0 Å². The van der Waals surface area contributed by atoms with Crippen molar-refractivity contribution < 1.29 is 9.90 Å². The Hall–Kier alpha value is -0.580. The highest BCUT2D eigenvalue weighted by molar-refractivity contribution is 9.10. The fraction of sp³-hybridized carbons (Fsp3) is 0.462. The van der Waals surface area contributed by atoms with Gasteiger partial charge >= 0.3 is 5.97 Å². The van der Waals surface area contributed by atoms with Crippen LogP contribution in [0.5, 0.6) is 0 Å². The fourth-order valence-corrected chi connectivity index (χ4v) is 2.22. The largest absolute Gasteiger partial charge is 0.481 e. The Labute approximate surface area is 121 Å². The monoisotopic (exact) mass is 333 g/mol. The highest BCUT2D eigenvalue weighted by Crippen LogP contribution is 2.22. The number of carboxylic acid groups (broad SMARTS) is 1. The lowest BCUT2D eigenvalue weighted by molar-refractivity contribution is -0.147. The normalized spacial score (nSPS) is 11.6. The summed E-state index contributed by atoms with van der Waals surface area (Å²) < 4.78 is 0.958. The average molecular weight is 335 g/mol. The van der Waals surface area contributed by atoms with E-state index in [4.69, 9.17) is 16.7 Å². The summed E-state index contributed by atoms with van der Waals surface area (Å²) in [4.78, 5) is 10.9. The van der Waals surface area contributed by atoms with Crippen molar-refractivity contribution in [2.45, 2.75) is 26.8 Å². The van der Waals surface area contributed by atoms with Crippen molar-refractivity contribution in [3.05, 3.63) is 33.3 Å². The third-order valence-electron chi connectivity index (χ3n) is 2.84. The van der Waals surface area contributed by atoms with Gasteiger partial charge in [-0.05, 0) is 44.5 Å². The molecule has 0 aromatic heterocycles. The van der Waals surface area contributed by atoms with Gasteiger partial charge in [0.05, 0.1) is 5.41 Å². The van der Waals surface area contributed by atoms with Crippen LogP contribution in [0.4, 0.5) is 0 Å². The minimum absolute atomic E-state index is 0.591. The van der Waals surface area contributed by atoms with Crippen molar-refractivity contribution in [1.29, 1.82) is 0 Å². The van der Waals surface area contributed by atoms with Crippen LogP contribution in [0.25, 0.3) is 0 Å². The van der Waals surface area contributed by atoms with Gasteiger partial charge in [-0.2, -0.15) is 0 Å². The molecular formula is C13H17BrClNO2. The average Bonchev–Trinajstić information content (AvgIpc) is 2.26. The molecule has 0 unspecified atom stereocenters. The summed E-state index contributed by atoms with van der Waals surface area (Å²) in [5.41, 5.74) is 0.414. The summed E-state index contributed by atoms with van der Waals surface area (Å²) >= 11 is 9.30. The summed E-state index contributed by atoms with van der Waals surface area (Å²) in [6.07, 6.45) is 0.591. The van der Waals surface area contributed by atoms with Gasteiger partial charge in [0.15, 0.2) is 0 Å². The molecule has 0 bridgehead atoms. The van der Waals surface area contributed by atoms with E-state index in [0.29, 0.717) is 24.5 Å². The topological polar surface area (TPSA) is 49.3 Å². The minimum atomic E-state index is -0.767. The predicted molar refractivity (Wildman–Crippen MR) is 76.9 cm³/mol. The van der Waals surface area contributed by atoms with E-state index in [9.17, 15) is 4.79 Å². The van der Waals surface area contributed by atoms with Crippen LogP contribution in [-0.4, -0.2) is 17.6 Å². The predicted octanol–water partition coefficient (Wildman–Crippen LogP) is 3.69. The van der Waals surface area contributed by atoms with E-state index in [2.05, 4.69) is 21.2 Å². The SMILES string of the molecule is CC(C)(CCNCc1ccc(Cl)cc1Br)C(=O)O. The van der Waals surface area contributed by atoms with Crippen molar-refractivity contribution >= 4 is 33.5 Å². The Morgan fingerprint density at radius 1 is 1.50 bits per heavy atom. The van der Waals surface area contributed by atoms with Gasteiger partial charge in [-0.3, -0.25) is 4.79 Å². The van der Waals surface area contributed by atoms with Crippen LogP contribution in [0.1, 0.15) is 25.8 Å². The Kier molecular flexibility index (Phi) is 5.63. The molecule has 3 nitrogen and oxygen atoms in total. The molecule has 100 valence electrons. The Morgan fingerprint density at radius 3 is 2.72 bits per heavy atom. The van der Waals surface area contributed by atoms with Gasteiger partial charge in [0.25, 0.3) is 0 Å². The van der Waals surface area contributed by atoms with E-state index in [1.54, 1.807) is 13.8 Å². The lowest BCUT2D eigenvalue weighted by Gasteiger charge is -2.19. The van der Waals surface area contributed by atoms with E-state index in [1.165, 1.54) is 0 Å². The van der Waals surface area contributed by atoms with Gasteiger partial charge in [-0.25, -0.2) is 0 Å². The van der Waals surface area contributed by atoms with Gasteiger partial charge in [0.2, 0.25) is 0 Å². The number of nitrogens with one attached hydrogen (secondary N) is 1. The number of hydrogen-bond donors (Lipinski definition) is 2. The number of benzene rings is 1. The fourth-order valence-electron chi connectivity index (χ4n) is 1.40. The van der Waals surface area contributed by atoms with E-state index < -0.39 is 11.4 Å². The zero-order valence-corrected chi connectivity index (χ0v) is 12.8. The molecule has 0 radical (unpaired) electrons. The standard InChI is InChI=1S/C13H17BrClNO2/c1-13(2,12(17)18)5-6-16-8-9-3-4-10(15)7-11(9)14/h3-4,7,16H,5-6,8H2,1-2H3,(H,17,18). The van der Waals surface area contributed by atoms with Crippen molar-refractivity contribution in [3.63, 3.8) is 0 Å². The van der Waals surface area contributed by atoms with Gasteiger partial charge in [-0.15, -0.1) is 0 Å². The highest BCUT2D eigenvalue weighted by Gasteiger charge is 2.26. The third-order valence-corrected chi connectivity index (χ3v) is 3.81. The number of halogens is 2. The summed E-state index contributed by atoms with van der Waals surface area (Å²) in [7, 11) is 0. The van der Waals surface area contributed by atoms with E-state index in [-0.39, 0.29) is 0 Å². The summed E-state index contributed by atoms with van der Waals surface area (Å²) in [6, 6.07) is 5.63. The van der Waals surface area contributed by atoms with Gasteiger partial charge in [0.1, 0.15) is 0 Å². The molecule has 0 heterocycles. The second-order valence-electron chi connectivity index (χ2n) is 4.85. The maximum atomic E-state index is 10.9. The lowest BCUT2D eigenvalue weighted by Crippen LogP contribution is -2.28. The molecule has 0 aliphatic carbocycles. The summed E-state index contributed by atoms with van der Waals surface area (Å²) in [5.74, 6) is -0.767. The molecule has 0 atom stereocenters. The Balaban J connectivity index is 2.41. The van der Waals surface area contributed by atoms with Crippen molar-refractivity contribution in [1.82, 2.24) is 5.32 Å². The van der Waals surface area contributed by atoms with Gasteiger partial charge < -0.3 is 10.4 Å². The van der Waals surface area contributed by atoms with Crippen LogP contribution in [0.2, 0.25) is 5.02 Å². The molecule has 0 saturated carbocycles. The maximum absolute atomic E-state index is 10.9. The number of rotatable bonds is 6. The number of carbonyl (C=O) groups is 1. The number of aliphatic carboxylic acids is 1. The molecule has 18 heavy (non-hydrogen) atoms. The van der Waals surface area contributed by atoms with Crippen LogP contribution in [0.3, 0.4) is 0 Å². The van der Waals surface area contributed by atoms with E-state index in [1.807, 2.05) is 18.2 Å². The molecule has 0 amide bonds. The molecule has 0 aliphatic heterocycles. The first kappa shape index (κ1) is 15.5. The van der Waals surface area contributed by atoms with Crippen LogP contribution < -0.4 is 5.32 Å². The molecule has 0 saturated heterocycles.